The fourth-order valence-corrected chi connectivity index (χ4v) is 1.88. The van der Waals surface area contributed by atoms with Crippen molar-refractivity contribution in [3.8, 4) is 5.75 Å². The molecule has 0 aliphatic heterocycles. The van der Waals surface area contributed by atoms with Crippen LogP contribution in [0.5, 0.6) is 5.75 Å². The molecule has 0 aliphatic carbocycles. The van der Waals surface area contributed by atoms with Gasteiger partial charge in [0.1, 0.15) is 12.4 Å². The van der Waals surface area contributed by atoms with Crippen molar-refractivity contribution in [3.63, 3.8) is 0 Å². The van der Waals surface area contributed by atoms with Gasteiger partial charge in [0.25, 0.3) is 0 Å². The number of halogens is 2. The van der Waals surface area contributed by atoms with Crippen LogP contribution in [-0.2, 0) is 6.61 Å². The highest BCUT2D eigenvalue weighted by atomic mass is 35.5. The zero-order chi connectivity index (χ0) is 12.3. The summed E-state index contributed by atoms with van der Waals surface area (Å²) in [6, 6.07) is 12.7. The summed E-state index contributed by atoms with van der Waals surface area (Å²) in [5.41, 5.74) is 7.45. The Morgan fingerprint density at radius 1 is 1.06 bits per heavy atom. The molecule has 2 nitrogen and oxygen atoms in total. The summed E-state index contributed by atoms with van der Waals surface area (Å²) in [6.45, 7) is 0.383. The molecule has 2 aromatic carbocycles. The molecule has 2 rings (SSSR count). The van der Waals surface area contributed by atoms with Gasteiger partial charge < -0.3 is 10.5 Å². The molecule has 0 aliphatic rings. The van der Waals surface area contributed by atoms with Gasteiger partial charge in [-0.15, -0.1) is 0 Å². The number of hydrogen-bond acceptors (Lipinski definition) is 2. The number of benzene rings is 2. The van der Waals surface area contributed by atoms with E-state index >= 15 is 0 Å². The van der Waals surface area contributed by atoms with Crippen LogP contribution in [0.3, 0.4) is 0 Å². The molecule has 0 aromatic heterocycles. The largest absolute Gasteiger partial charge is 0.487 e. The third kappa shape index (κ3) is 3.05. The molecule has 0 radical (unpaired) electrons. The van der Waals surface area contributed by atoms with E-state index in [1.165, 1.54) is 0 Å². The molecule has 17 heavy (non-hydrogen) atoms. The van der Waals surface area contributed by atoms with Gasteiger partial charge in [-0.25, -0.2) is 0 Å². The smallest absolute Gasteiger partial charge is 0.138 e. The molecule has 2 N–H and O–H groups in total. The molecule has 0 atom stereocenters. The Labute approximate surface area is 110 Å². The number of para-hydroxylation sites is 1. The second-order valence-electron chi connectivity index (χ2n) is 3.56. The van der Waals surface area contributed by atoms with E-state index in [1.54, 1.807) is 18.2 Å². The van der Waals surface area contributed by atoms with E-state index in [1.807, 2.05) is 24.3 Å². The van der Waals surface area contributed by atoms with E-state index in [2.05, 4.69) is 0 Å². The van der Waals surface area contributed by atoms with Gasteiger partial charge in [-0.2, -0.15) is 0 Å². The van der Waals surface area contributed by atoms with Crippen LogP contribution in [0.15, 0.2) is 42.5 Å². The Hall–Kier alpha value is -1.38. The second-order valence-corrected chi connectivity index (χ2v) is 4.41. The van der Waals surface area contributed by atoms with Crippen LogP contribution in [0.2, 0.25) is 10.0 Å². The van der Waals surface area contributed by atoms with Crippen LogP contribution in [0.1, 0.15) is 5.56 Å². The molecule has 0 spiro atoms. The summed E-state index contributed by atoms with van der Waals surface area (Å²) in [5.74, 6) is 0.597. The lowest BCUT2D eigenvalue weighted by Crippen LogP contribution is -2.00. The van der Waals surface area contributed by atoms with Crippen molar-refractivity contribution in [1.29, 1.82) is 0 Å². The maximum Gasteiger partial charge on any atom is 0.138 e. The lowest BCUT2D eigenvalue weighted by atomic mass is 10.2. The molecule has 0 bridgehead atoms. The average Bonchev–Trinajstić information content (AvgIpc) is 2.30. The van der Waals surface area contributed by atoms with Crippen molar-refractivity contribution >= 4 is 28.9 Å². The fraction of sp³-hybridized carbons (Fsp3) is 0.0769. The van der Waals surface area contributed by atoms with Crippen molar-refractivity contribution < 1.29 is 4.74 Å². The molecule has 0 saturated heterocycles. The van der Waals surface area contributed by atoms with Crippen LogP contribution >= 0.6 is 23.2 Å². The predicted molar refractivity (Wildman–Crippen MR) is 71.6 cm³/mol. The molecule has 0 unspecified atom stereocenters. The highest BCUT2D eigenvalue weighted by Crippen LogP contribution is 2.28. The topological polar surface area (TPSA) is 35.2 Å². The minimum atomic E-state index is 0.383. The zero-order valence-corrected chi connectivity index (χ0v) is 10.5. The van der Waals surface area contributed by atoms with Crippen LogP contribution < -0.4 is 10.5 Å². The molecule has 88 valence electrons. The maximum absolute atomic E-state index is 5.99. The molecular formula is C13H11Cl2NO. The first kappa shape index (κ1) is 12.1. The lowest BCUT2D eigenvalue weighted by molar-refractivity contribution is 0.307. The Balaban J connectivity index is 2.10. The first-order valence-electron chi connectivity index (χ1n) is 5.08. The summed E-state index contributed by atoms with van der Waals surface area (Å²) in [6.07, 6.45) is 0. The average molecular weight is 268 g/mol. The molecule has 0 amide bonds. The summed E-state index contributed by atoms with van der Waals surface area (Å²) < 4.78 is 5.59. The van der Waals surface area contributed by atoms with Gasteiger partial charge in [0.15, 0.2) is 0 Å². The lowest BCUT2D eigenvalue weighted by Gasteiger charge is -2.09. The minimum absolute atomic E-state index is 0.383. The standard InChI is InChI=1S/C13H11Cl2NO/c14-10-5-6-13(11(15)7-10)17-8-9-3-1-2-4-12(9)16/h1-7H,8,16H2. The molecule has 4 heteroatoms. The van der Waals surface area contributed by atoms with Crippen LogP contribution in [-0.4, -0.2) is 0 Å². The monoisotopic (exact) mass is 267 g/mol. The highest BCUT2D eigenvalue weighted by molar-refractivity contribution is 6.35. The summed E-state index contributed by atoms with van der Waals surface area (Å²) in [7, 11) is 0. The predicted octanol–water partition coefficient (Wildman–Crippen LogP) is 4.15. The molecule has 0 heterocycles. The third-order valence-corrected chi connectivity index (χ3v) is 2.86. The number of nitrogen functional groups attached to an aromatic ring is 1. The molecule has 2 aromatic rings. The molecular weight excluding hydrogens is 257 g/mol. The van der Waals surface area contributed by atoms with E-state index in [0.29, 0.717) is 28.1 Å². The first-order valence-corrected chi connectivity index (χ1v) is 5.83. The number of rotatable bonds is 3. The number of nitrogens with two attached hydrogens (primary N) is 1. The van der Waals surface area contributed by atoms with Gasteiger partial charge in [-0.3, -0.25) is 0 Å². The van der Waals surface area contributed by atoms with Gasteiger partial charge in [0.05, 0.1) is 5.02 Å². The van der Waals surface area contributed by atoms with E-state index in [0.717, 1.165) is 5.56 Å². The van der Waals surface area contributed by atoms with Gasteiger partial charge in [0.2, 0.25) is 0 Å². The number of hydrogen-bond donors (Lipinski definition) is 1. The zero-order valence-electron chi connectivity index (χ0n) is 8.99. The van der Waals surface area contributed by atoms with Crippen molar-refractivity contribution in [2.45, 2.75) is 6.61 Å². The first-order chi connectivity index (χ1) is 8.16. The van der Waals surface area contributed by atoms with E-state index in [9.17, 15) is 0 Å². The second kappa shape index (κ2) is 5.30. The van der Waals surface area contributed by atoms with Crippen molar-refractivity contribution in [2.75, 3.05) is 5.73 Å². The quantitative estimate of drug-likeness (QED) is 0.848. The highest BCUT2D eigenvalue weighted by Gasteiger charge is 2.04. The van der Waals surface area contributed by atoms with E-state index in [4.69, 9.17) is 33.7 Å². The van der Waals surface area contributed by atoms with Gasteiger partial charge in [-0.05, 0) is 24.3 Å². The van der Waals surface area contributed by atoms with Crippen LogP contribution in [0.25, 0.3) is 0 Å². The van der Waals surface area contributed by atoms with Crippen molar-refractivity contribution in [2.24, 2.45) is 0 Å². The molecule has 0 fully saturated rings. The van der Waals surface area contributed by atoms with Crippen LogP contribution in [0.4, 0.5) is 5.69 Å². The fourth-order valence-electron chi connectivity index (χ4n) is 1.41. The Kier molecular flexibility index (Phi) is 3.77. The summed E-state index contributed by atoms with van der Waals surface area (Å²) in [4.78, 5) is 0. The SMILES string of the molecule is Nc1ccccc1COc1ccc(Cl)cc1Cl. The van der Waals surface area contributed by atoms with Gasteiger partial charge in [0, 0.05) is 16.3 Å². The Morgan fingerprint density at radius 3 is 2.53 bits per heavy atom. The number of ether oxygens (including phenoxy) is 1. The minimum Gasteiger partial charge on any atom is -0.487 e. The maximum atomic E-state index is 5.99. The van der Waals surface area contributed by atoms with Crippen LogP contribution in [0, 0.1) is 0 Å². The van der Waals surface area contributed by atoms with E-state index in [-0.39, 0.29) is 0 Å². The van der Waals surface area contributed by atoms with E-state index < -0.39 is 0 Å². The Morgan fingerprint density at radius 2 is 1.82 bits per heavy atom. The van der Waals surface area contributed by atoms with Gasteiger partial charge >= 0.3 is 0 Å². The number of anilines is 1. The molecule has 0 saturated carbocycles. The summed E-state index contributed by atoms with van der Waals surface area (Å²) >= 11 is 11.8. The normalized spacial score (nSPS) is 10.2. The summed E-state index contributed by atoms with van der Waals surface area (Å²) in [5, 5.41) is 1.08. The van der Waals surface area contributed by atoms with Crippen molar-refractivity contribution in [3.05, 3.63) is 58.1 Å². The third-order valence-electron chi connectivity index (χ3n) is 2.33. The Bertz CT molecular complexity index is 529. The van der Waals surface area contributed by atoms with Crippen molar-refractivity contribution in [1.82, 2.24) is 0 Å². The van der Waals surface area contributed by atoms with Gasteiger partial charge in [-0.1, -0.05) is 41.4 Å².